The zero-order chi connectivity index (χ0) is 22.1. The van der Waals surface area contributed by atoms with Crippen molar-refractivity contribution in [1.82, 2.24) is 19.6 Å². The van der Waals surface area contributed by atoms with Gasteiger partial charge in [0.1, 0.15) is 0 Å². The second-order valence-corrected chi connectivity index (χ2v) is 8.13. The molecular formula is C26H26N4O2. The first-order valence-corrected chi connectivity index (χ1v) is 11.0. The standard InChI is InChI=1S/C26H26N4O2/c1-3-29-17-22-23(27-29)14-13-21-24(15-18-7-5-4-6-8-18)28-30(25(21)22)16-19-9-11-20(12-10-19)26(31)32-2/h4-12,17H,3,13-16H2,1-2H3. The van der Waals surface area contributed by atoms with Crippen LogP contribution in [0.4, 0.5) is 0 Å². The van der Waals surface area contributed by atoms with Crippen LogP contribution >= 0.6 is 0 Å². The van der Waals surface area contributed by atoms with Crippen molar-refractivity contribution >= 4 is 5.97 Å². The summed E-state index contributed by atoms with van der Waals surface area (Å²) < 4.78 is 8.94. The van der Waals surface area contributed by atoms with Crippen molar-refractivity contribution in [3.63, 3.8) is 0 Å². The van der Waals surface area contributed by atoms with Gasteiger partial charge in [0.25, 0.3) is 0 Å². The smallest absolute Gasteiger partial charge is 0.337 e. The molecule has 0 radical (unpaired) electrons. The fraction of sp³-hybridized carbons (Fsp3) is 0.269. The molecule has 2 heterocycles. The number of ether oxygens (including phenoxy) is 1. The molecule has 0 atom stereocenters. The minimum Gasteiger partial charge on any atom is -0.465 e. The van der Waals surface area contributed by atoms with Crippen molar-refractivity contribution in [2.24, 2.45) is 0 Å². The fourth-order valence-corrected chi connectivity index (χ4v) is 4.44. The number of hydrogen-bond donors (Lipinski definition) is 0. The third-order valence-corrected chi connectivity index (χ3v) is 6.08. The highest BCUT2D eigenvalue weighted by molar-refractivity contribution is 5.89. The number of aromatic nitrogens is 4. The van der Waals surface area contributed by atoms with E-state index in [1.807, 2.05) is 35.0 Å². The van der Waals surface area contributed by atoms with Crippen molar-refractivity contribution in [2.75, 3.05) is 7.11 Å². The fourth-order valence-electron chi connectivity index (χ4n) is 4.44. The predicted molar refractivity (Wildman–Crippen MR) is 123 cm³/mol. The SMILES string of the molecule is CCn1cc2c(n1)CCc1c(Cc3ccccc3)nn(Cc3ccc(C(=O)OC)cc3)c1-2. The Morgan fingerprint density at radius 3 is 2.50 bits per heavy atom. The molecule has 6 nitrogen and oxygen atoms in total. The van der Waals surface area contributed by atoms with Crippen LogP contribution in [0.2, 0.25) is 0 Å². The highest BCUT2D eigenvalue weighted by Gasteiger charge is 2.27. The van der Waals surface area contributed by atoms with Crippen LogP contribution in [0.5, 0.6) is 0 Å². The van der Waals surface area contributed by atoms with Gasteiger partial charge >= 0.3 is 5.97 Å². The molecule has 0 amide bonds. The Hall–Kier alpha value is -3.67. The van der Waals surface area contributed by atoms with Gasteiger partial charge in [0, 0.05) is 30.3 Å². The number of carbonyl (C=O) groups is 1. The monoisotopic (exact) mass is 426 g/mol. The number of aryl methyl sites for hydroxylation is 2. The maximum Gasteiger partial charge on any atom is 0.337 e. The van der Waals surface area contributed by atoms with E-state index in [9.17, 15) is 4.79 Å². The van der Waals surface area contributed by atoms with E-state index in [-0.39, 0.29) is 5.97 Å². The van der Waals surface area contributed by atoms with E-state index < -0.39 is 0 Å². The summed E-state index contributed by atoms with van der Waals surface area (Å²) in [5.74, 6) is -0.324. The molecule has 0 N–H and O–H groups in total. The summed E-state index contributed by atoms with van der Waals surface area (Å²) in [7, 11) is 1.40. The van der Waals surface area contributed by atoms with E-state index in [1.54, 1.807) is 0 Å². The minimum atomic E-state index is -0.324. The summed E-state index contributed by atoms with van der Waals surface area (Å²) >= 11 is 0. The van der Waals surface area contributed by atoms with Crippen LogP contribution in [-0.2, 0) is 37.1 Å². The lowest BCUT2D eigenvalue weighted by Crippen LogP contribution is -2.09. The summed E-state index contributed by atoms with van der Waals surface area (Å²) in [5, 5.41) is 9.85. The van der Waals surface area contributed by atoms with Crippen LogP contribution in [0.3, 0.4) is 0 Å². The third kappa shape index (κ3) is 3.73. The number of methoxy groups -OCH3 is 1. The minimum absolute atomic E-state index is 0.324. The van der Waals surface area contributed by atoms with Gasteiger partial charge in [-0.15, -0.1) is 0 Å². The number of nitrogens with zero attached hydrogens (tertiary/aromatic N) is 4. The molecule has 2 aromatic carbocycles. The molecule has 2 aromatic heterocycles. The summed E-state index contributed by atoms with van der Waals surface area (Å²) in [6.07, 6.45) is 4.86. The first kappa shape index (κ1) is 20.2. The van der Waals surface area contributed by atoms with Crippen LogP contribution in [0.1, 0.15) is 45.4 Å². The lowest BCUT2D eigenvalue weighted by Gasteiger charge is -2.14. The molecule has 1 aliphatic rings. The van der Waals surface area contributed by atoms with Gasteiger partial charge in [-0.3, -0.25) is 9.36 Å². The van der Waals surface area contributed by atoms with Crippen LogP contribution in [0.25, 0.3) is 11.3 Å². The number of fused-ring (bicyclic) bond motifs is 3. The Morgan fingerprint density at radius 2 is 1.78 bits per heavy atom. The zero-order valence-corrected chi connectivity index (χ0v) is 18.4. The van der Waals surface area contributed by atoms with Gasteiger partial charge in [-0.05, 0) is 43.0 Å². The summed E-state index contributed by atoms with van der Waals surface area (Å²) in [5.41, 5.74) is 8.86. The summed E-state index contributed by atoms with van der Waals surface area (Å²) in [6.45, 7) is 3.60. The molecule has 32 heavy (non-hydrogen) atoms. The Kier molecular flexibility index (Phi) is 5.35. The number of hydrogen-bond acceptors (Lipinski definition) is 4. The van der Waals surface area contributed by atoms with E-state index in [2.05, 4.69) is 42.1 Å². The Balaban J connectivity index is 1.55. The molecule has 0 fully saturated rings. The average molecular weight is 427 g/mol. The lowest BCUT2D eigenvalue weighted by atomic mass is 9.92. The van der Waals surface area contributed by atoms with Crippen LogP contribution in [0.15, 0.2) is 60.8 Å². The molecule has 0 unspecified atom stereocenters. The summed E-state index contributed by atoms with van der Waals surface area (Å²) in [4.78, 5) is 11.8. The van der Waals surface area contributed by atoms with E-state index in [4.69, 9.17) is 14.9 Å². The second-order valence-electron chi connectivity index (χ2n) is 8.13. The first-order valence-electron chi connectivity index (χ1n) is 11.0. The highest BCUT2D eigenvalue weighted by atomic mass is 16.5. The Bertz CT molecular complexity index is 1250. The van der Waals surface area contributed by atoms with Gasteiger partial charge in [0.15, 0.2) is 0 Å². The predicted octanol–water partition coefficient (Wildman–Crippen LogP) is 4.29. The number of benzene rings is 2. The maximum atomic E-state index is 11.8. The molecule has 1 aliphatic carbocycles. The Morgan fingerprint density at radius 1 is 1.00 bits per heavy atom. The van der Waals surface area contributed by atoms with Crippen molar-refractivity contribution < 1.29 is 9.53 Å². The molecule has 0 aliphatic heterocycles. The molecule has 6 heteroatoms. The van der Waals surface area contributed by atoms with E-state index in [0.717, 1.165) is 42.8 Å². The second kappa shape index (κ2) is 8.46. The van der Waals surface area contributed by atoms with Gasteiger partial charge < -0.3 is 4.74 Å². The van der Waals surface area contributed by atoms with Crippen LogP contribution in [0, 0.1) is 0 Å². The van der Waals surface area contributed by atoms with E-state index >= 15 is 0 Å². The van der Waals surface area contributed by atoms with Gasteiger partial charge in [-0.1, -0.05) is 42.5 Å². The molecule has 0 saturated heterocycles. The van der Waals surface area contributed by atoms with Crippen molar-refractivity contribution in [1.29, 1.82) is 0 Å². The average Bonchev–Trinajstić information content (AvgIpc) is 3.41. The van der Waals surface area contributed by atoms with Crippen molar-refractivity contribution in [2.45, 2.75) is 39.3 Å². The first-order chi connectivity index (χ1) is 15.7. The Labute approximate surface area is 187 Å². The molecule has 4 aromatic rings. The zero-order valence-electron chi connectivity index (χ0n) is 18.4. The van der Waals surface area contributed by atoms with Crippen LogP contribution < -0.4 is 0 Å². The largest absolute Gasteiger partial charge is 0.465 e. The third-order valence-electron chi connectivity index (χ3n) is 6.08. The molecule has 0 spiro atoms. The van der Waals surface area contributed by atoms with Gasteiger partial charge in [-0.25, -0.2) is 4.79 Å². The molecule has 5 rings (SSSR count). The maximum absolute atomic E-state index is 11.8. The van der Waals surface area contributed by atoms with E-state index in [0.29, 0.717) is 12.1 Å². The molecule has 162 valence electrons. The number of rotatable bonds is 6. The molecular weight excluding hydrogens is 400 g/mol. The van der Waals surface area contributed by atoms with Crippen LogP contribution in [-0.4, -0.2) is 32.6 Å². The van der Waals surface area contributed by atoms with Crippen molar-refractivity contribution in [3.05, 3.63) is 94.4 Å². The van der Waals surface area contributed by atoms with Gasteiger partial charge in [0.05, 0.1) is 36.3 Å². The number of esters is 1. The normalized spacial score (nSPS) is 12.3. The van der Waals surface area contributed by atoms with Gasteiger partial charge in [-0.2, -0.15) is 10.2 Å². The van der Waals surface area contributed by atoms with Gasteiger partial charge in [0.2, 0.25) is 0 Å². The van der Waals surface area contributed by atoms with E-state index in [1.165, 1.54) is 29.5 Å². The molecule has 0 saturated carbocycles. The van der Waals surface area contributed by atoms with Crippen molar-refractivity contribution in [3.8, 4) is 11.3 Å². The summed E-state index contributed by atoms with van der Waals surface area (Å²) in [6, 6.07) is 18.1. The topological polar surface area (TPSA) is 61.9 Å². The highest BCUT2D eigenvalue weighted by Crippen LogP contribution is 2.36. The molecule has 0 bridgehead atoms. The number of carbonyl (C=O) groups excluding carboxylic acids is 1. The lowest BCUT2D eigenvalue weighted by molar-refractivity contribution is 0.0600. The quantitative estimate of drug-likeness (QED) is 0.432.